The van der Waals surface area contributed by atoms with Crippen LogP contribution in [0, 0.1) is 17.1 Å². The minimum Gasteiger partial charge on any atom is -0.406 e. The lowest BCUT2D eigenvalue weighted by Gasteiger charge is -2.29. The van der Waals surface area contributed by atoms with Gasteiger partial charge in [0.05, 0.1) is 5.69 Å². The molecule has 5 N–H and O–H groups in total. The van der Waals surface area contributed by atoms with Gasteiger partial charge in [0.2, 0.25) is 5.60 Å². The normalized spacial score (nSPS) is 30.5. The number of nitriles is 1. The zero-order valence-corrected chi connectivity index (χ0v) is 12.0. The van der Waals surface area contributed by atoms with Crippen LogP contribution < -0.4 is 5.73 Å². The van der Waals surface area contributed by atoms with E-state index in [9.17, 15) is 25.0 Å². The van der Waals surface area contributed by atoms with Crippen molar-refractivity contribution in [2.24, 2.45) is 0 Å². The summed E-state index contributed by atoms with van der Waals surface area (Å²) in [5.74, 6) is -1.08. The molecule has 120 valence electrons. The van der Waals surface area contributed by atoms with Gasteiger partial charge < -0.3 is 25.8 Å². The van der Waals surface area contributed by atoms with Crippen molar-refractivity contribution in [2.75, 3.05) is 5.73 Å². The highest BCUT2D eigenvalue weighted by Gasteiger charge is 2.60. The van der Waals surface area contributed by atoms with E-state index in [0.29, 0.717) is 0 Å². The van der Waals surface area contributed by atoms with Crippen LogP contribution in [0.1, 0.15) is 5.69 Å². The largest absolute Gasteiger partial charge is 0.406 e. The number of nitrogen functional groups attached to an aromatic ring is 1. The van der Waals surface area contributed by atoms with E-state index in [0.717, 1.165) is 16.9 Å². The Morgan fingerprint density at radius 1 is 1.50 bits per heavy atom. The summed E-state index contributed by atoms with van der Waals surface area (Å²) in [7, 11) is 10.6. The minimum absolute atomic E-state index is 0.208. The molecule has 0 amide bonds. The summed E-state index contributed by atoms with van der Waals surface area (Å²) in [4.78, 5) is 3.64. The molecular formula is C12H10B2FN5O4. The Morgan fingerprint density at radius 3 is 2.71 bits per heavy atom. The second-order valence-corrected chi connectivity index (χ2v) is 5.49. The molecule has 12 heteroatoms. The molecule has 3 heterocycles. The predicted octanol–water partition coefficient (Wildman–Crippen LogP) is -2.73. The monoisotopic (exact) mass is 329 g/mol. The van der Waals surface area contributed by atoms with E-state index in [2.05, 4.69) is 10.1 Å². The Morgan fingerprint density at radius 2 is 2.17 bits per heavy atom. The number of rotatable bonds is 2. The second kappa shape index (κ2) is 5.15. The fourth-order valence-electron chi connectivity index (χ4n) is 2.76. The van der Waals surface area contributed by atoms with Crippen LogP contribution >= 0.6 is 0 Å². The maximum absolute atomic E-state index is 14.2. The smallest absolute Gasteiger partial charge is 0.225 e. The lowest BCUT2D eigenvalue weighted by atomic mass is 9.61. The van der Waals surface area contributed by atoms with Crippen LogP contribution in [0.25, 0.3) is 5.52 Å². The molecule has 1 aliphatic heterocycles. The zero-order chi connectivity index (χ0) is 17.9. The second-order valence-electron chi connectivity index (χ2n) is 5.49. The van der Waals surface area contributed by atoms with Gasteiger partial charge in [-0.1, -0.05) is 0 Å². The summed E-state index contributed by atoms with van der Waals surface area (Å²) in [6, 6.07) is 2.51. The average molecular weight is 329 g/mol. The Bertz CT molecular complexity index is 850. The quantitative estimate of drug-likeness (QED) is 0.434. The summed E-state index contributed by atoms with van der Waals surface area (Å²) in [6.07, 6.45) is -4.44. The third-order valence-corrected chi connectivity index (χ3v) is 3.90. The van der Waals surface area contributed by atoms with Crippen molar-refractivity contribution < 1.29 is 24.4 Å². The average Bonchev–Trinajstić information content (AvgIpc) is 2.97. The van der Waals surface area contributed by atoms with E-state index in [4.69, 9.17) is 26.2 Å². The SMILES string of the molecule is [B]C([B])(O)C1O[C@@](C#N)(c2cc(F)c3c(N)ncnn23)[C@H](O)[C@@H]1O. The number of hydrogen-bond donors (Lipinski definition) is 4. The Kier molecular flexibility index (Phi) is 3.58. The summed E-state index contributed by atoms with van der Waals surface area (Å²) in [5.41, 5.74) is 2.77. The van der Waals surface area contributed by atoms with Crippen LogP contribution in [0.2, 0.25) is 0 Å². The first-order chi connectivity index (χ1) is 11.1. The van der Waals surface area contributed by atoms with E-state index in [-0.39, 0.29) is 17.0 Å². The molecular weight excluding hydrogens is 319 g/mol. The molecule has 1 saturated heterocycles. The molecule has 0 aromatic carbocycles. The number of ether oxygens (including phenoxy) is 1. The van der Waals surface area contributed by atoms with Crippen molar-refractivity contribution in [3.8, 4) is 6.07 Å². The van der Waals surface area contributed by atoms with Gasteiger partial charge in [-0.3, -0.25) is 0 Å². The minimum atomic E-state index is -2.56. The van der Waals surface area contributed by atoms with Gasteiger partial charge in [0.1, 0.15) is 51.9 Å². The van der Waals surface area contributed by atoms with Crippen molar-refractivity contribution in [3.63, 3.8) is 0 Å². The molecule has 3 rings (SSSR count). The summed E-state index contributed by atoms with van der Waals surface area (Å²) < 4.78 is 20.4. The van der Waals surface area contributed by atoms with E-state index in [1.807, 2.05) is 0 Å². The van der Waals surface area contributed by atoms with Crippen LogP contribution in [-0.4, -0.2) is 69.3 Å². The number of halogens is 1. The maximum atomic E-state index is 14.2. The van der Waals surface area contributed by atoms with Gasteiger partial charge in [-0.15, -0.1) is 0 Å². The standard InChI is InChI=1S/C12H10B2FN5O4/c13-12(14,23)9-7(21)8(22)11(2-16,24-9)5-1-4(15)6-10(17)18-3-19-20(5)6/h1,3,7-9,21-23H,(H2,17,18,19)/t7-,8+,9?,11-/m0/s1. The van der Waals surface area contributed by atoms with Crippen LogP contribution in [-0.2, 0) is 10.3 Å². The molecule has 1 aliphatic rings. The number of nitrogens with zero attached hydrogens (tertiary/aromatic N) is 4. The van der Waals surface area contributed by atoms with Crippen LogP contribution in [0.5, 0.6) is 0 Å². The third-order valence-electron chi connectivity index (χ3n) is 3.90. The number of aliphatic hydroxyl groups is 3. The van der Waals surface area contributed by atoms with Crippen LogP contribution in [0.4, 0.5) is 10.2 Å². The van der Waals surface area contributed by atoms with E-state index >= 15 is 0 Å². The number of anilines is 1. The first kappa shape index (κ1) is 16.7. The number of aromatic nitrogens is 3. The van der Waals surface area contributed by atoms with Crippen molar-refractivity contribution in [2.45, 2.75) is 29.3 Å². The Hall–Kier alpha value is -2.19. The lowest BCUT2D eigenvalue weighted by molar-refractivity contribution is -0.0843. The Labute approximate surface area is 137 Å². The van der Waals surface area contributed by atoms with Crippen LogP contribution in [0.15, 0.2) is 12.4 Å². The maximum Gasteiger partial charge on any atom is 0.225 e. The molecule has 2 aromatic rings. The van der Waals surface area contributed by atoms with Gasteiger partial charge >= 0.3 is 0 Å². The lowest BCUT2D eigenvalue weighted by Crippen LogP contribution is -2.50. The van der Waals surface area contributed by atoms with E-state index in [1.54, 1.807) is 6.07 Å². The summed E-state index contributed by atoms with van der Waals surface area (Å²) in [6.45, 7) is 0. The highest BCUT2D eigenvalue weighted by atomic mass is 19.1. The van der Waals surface area contributed by atoms with Crippen molar-refractivity contribution in [1.29, 1.82) is 5.26 Å². The van der Waals surface area contributed by atoms with Crippen LogP contribution in [0.3, 0.4) is 0 Å². The first-order valence-corrected chi connectivity index (χ1v) is 6.67. The summed E-state index contributed by atoms with van der Waals surface area (Å²) >= 11 is 0. The van der Waals surface area contributed by atoms with Gasteiger partial charge in [0, 0.05) is 11.5 Å². The van der Waals surface area contributed by atoms with Gasteiger partial charge in [0.25, 0.3) is 0 Å². The fourth-order valence-corrected chi connectivity index (χ4v) is 2.76. The zero-order valence-electron chi connectivity index (χ0n) is 12.0. The molecule has 4 atom stereocenters. The van der Waals surface area contributed by atoms with E-state index in [1.165, 1.54) is 0 Å². The van der Waals surface area contributed by atoms with E-state index < -0.39 is 35.1 Å². The topological polar surface area (TPSA) is 150 Å². The molecule has 9 nitrogen and oxygen atoms in total. The molecule has 24 heavy (non-hydrogen) atoms. The number of nitrogens with two attached hydrogens (primary N) is 1. The molecule has 1 unspecified atom stereocenters. The van der Waals surface area contributed by atoms with Gasteiger partial charge in [-0.2, -0.15) is 10.4 Å². The number of hydrogen-bond acceptors (Lipinski definition) is 8. The van der Waals surface area contributed by atoms with Crippen molar-refractivity contribution in [3.05, 3.63) is 23.9 Å². The van der Waals surface area contributed by atoms with Crippen molar-refractivity contribution in [1.82, 2.24) is 14.6 Å². The summed E-state index contributed by atoms with van der Waals surface area (Å²) in [5, 5.41) is 40.8. The Balaban J connectivity index is 2.24. The first-order valence-electron chi connectivity index (χ1n) is 6.67. The molecule has 0 saturated carbocycles. The van der Waals surface area contributed by atoms with Gasteiger partial charge in [-0.05, 0) is 0 Å². The molecule has 0 bridgehead atoms. The molecule has 1 fully saturated rings. The highest BCUT2D eigenvalue weighted by Crippen LogP contribution is 2.42. The van der Waals surface area contributed by atoms with Crippen molar-refractivity contribution >= 4 is 27.0 Å². The number of aliphatic hydroxyl groups excluding tert-OH is 2. The van der Waals surface area contributed by atoms with Gasteiger partial charge in [-0.25, -0.2) is 13.9 Å². The van der Waals surface area contributed by atoms with Gasteiger partial charge in [0.15, 0.2) is 11.6 Å². The predicted molar refractivity (Wildman–Crippen MR) is 78.0 cm³/mol. The molecule has 0 spiro atoms. The molecule has 4 radical (unpaired) electrons. The third kappa shape index (κ3) is 2.10. The fraction of sp³-hybridized carbons (Fsp3) is 0.417. The number of fused-ring (bicyclic) bond motifs is 1. The molecule has 0 aliphatic carbocycles. The molecule has 2 aromatic heterocycles. The highest BCUT2D eigenvalue weighted by molar-refractivity contribution is 6.39.